The maximum absolute atomic E-state index is 12.8. The molecule has 0 bridgehead atoms. The second-order valence-electron chi connectivity index (χ2n) is 7.42. The number of carbonyl (C=O) groups excluding carboxylic acids is 1. The average molecular weight is 412 g/mol. The van der Waals surface area contributed by atoms with Crippen molar-refractivity contribution in [2.75, 3.05) is 27.3 Å². The van der Waals surface area contributed by atoms with E-state index >= 15 is 0 Å². The highest BCUT2D eigenvalue weighted by Gasteiger charge is 2.32. The molecule has 1 saturated carbocycles. The molecule has 0 radical (unpaired) electrons. The minimum absolute atomic E-state index is 0.0127. The van der Waals surface area contributed by atoms with Gasteiger partial charge in [-0.3, -0.25) is 4.79 Å². The summed E-state index contributed by atoms with van der Waals surface area (Å²) in [6.07, 6.45) is 5.89. The molecule has 0 spiro atoms. The Hall–Kier alpha value is -1.52. The van der Waals surface area contributed by atoms with Crippen molar-refractivity contribution >= 4 is 15.9 Å². The Morgan fingerprint density at radius 2 is 2.14 bits per heavy atom. The van der Waals surface area contributed by atoms with Gasteiger partial charge in [-0.05, 0) is 57.0 Å². The van der Waals surface area contributed by atoms with E-state index in [0.717, 1.165) is 37.0 Å². The summed E-state index contributed by atoms with van der Waals surface area (Å²) in [6.45, 7) is 1.40. The quantitative estimate of drug-likeness (QED) is 0.569. The number of hydrogen-bond donors (Lipinski definition) is 2. The molecule has 1 heterocycles. The van der Waals surface area contributed by atoms with Crippen LogP contribution in [0.3, 0.4) is 0 Å². The molecular weight excluding hydrogens is 382 g/mol. The Kier molecular flexibility index (Phi) is 7.05. The largest absolute Gasteiger partial charge is 0.314 e. The number of amides is 1. The second kappa shape index (κ2) is 9.32. The molecule has 1 aromatic carbocycles. The van der Waals surface area contributed by atoms with E-state index in [-0.39, 0.29) is 10.5 Å². The van der Waals surface area contributed by atoms with Gasteiger partial charge in [-0.15, -0.1) is 0 Å². The SMILES string of the molecule is CNS(=O)(=O)c1cccc(C(=O)N(OC)OCC(CC2CC2)C2CCCN2)c1. The summed E-state index contributed by atoms with van der Waals surface area (Å²) in [7, 11) is -0.959. The monoisotopic (exact) mass is 411 g/mol. The van der Waals surface area contributed by atoms with E-state index in [0.29, 0.717) is 18.6 Å². The molecule has 1 aliphatic heterocycles. The van der Waals surface area contributed by atoms with E-state index in [2.05, 4.69) is 10.0 Å². The van der Waals surface area contributed by atoms with Crippen LogP contribution in [-0.2, 0) is 19.7 Å². The lowest BCUT2D eigenvalue weighted by atomic mass is 9.93. The van der Waals surface area contributed by atoms with Crippen LogP contribution in [0, 0.1) is 11.8 Å². The number of nitrogens with one attached hydrogen (secondary N) is 2. The first-order valence-electron chi connectivity index (χ1n) is 9.73. The lowest BCUT2D eigenvalue weighted by molar-refractivity contribution is -0.319. The van der Waals surface area contributed by atoms with E-state index in [4.69, 9.17) is 9.68 Å². The van der Waals surface area contributed by atoms with Crippen LogP contribution in [0.4, 0.5) is 0 Å². The average Bonchev–Trinajstić information content (AvgIpc) is 3.36. The fraction of sp³-hybridized carbons (Fsp3) is 0.632. The van der Waals surface area contributed by atoms with Gasteiger partial charge in [0.25, 0.3) is 0 Å². The van der Waals surface area contributed by atoms with Gasteiger partial charge in [-0.2, -0.15) is 0 Å². The summed E-state index contributed by atoms with van der Waals surface area (Å²) in [6, 6.07) is 6.19. The molecule has 28 heavy (non-hydrogen) atoms. The van der Waals surface area contributed by atoms with Gasteiger partial charge in [-0.1, -0.05) is 24.1 Å². The van der Waals surface area contributed by atoms with Crippen molar-refractivity contribution in [3.8, 4) is 0 Å². The molecule has 2 atom stereocenters. The fourth-order valence-electron chi connectivity index (χ4n) is 3.62. The molecule has 3 rings (SSSR count). The zero-order valence-corrected chi connectivity index (χ0v) is 17.2. The summed E-state index contributed by atoms with van der Waals surface area (Å²) in [4.78, 5) is 23.6. The van der Waals surface area contributed by atoms with Crippen LogP contribution in [0.1, 0.15) is 42.5 Å². The number of hydroxylamine groups is 2. The molecule has 1 amide bonds. The number of sulfonamides is 1. The molecule has 0 aromatic heterocycles. The van der Waals surface area contributed by atoms with Crippen molar-refractivity contribution in [1.82, 2.24) is 15.3 Å². The molecule has 2 aliphatic rings. The number of benzene rings is 1. The van der Waals surface area contributed by atoms with Gasteiger partial charge in [0.05, 0.1) is 18.6 Å². The van der Waals surface area contributed by atoms with Crippen LogP contribution in [-0.4, -0.2) is 52.9 Å². The Labute approximate surface area is 166 Å². The predicted molar refractivity (Wildman–Crippen MR) is 104 cm³/mol. The third kappa shape index (κ3) is 5.30. The van der Waals surface area contributed by atoms with Gasteiger partial charge < -0.3 is 5.32 Å². The Balaban J connectivity index is 1.66. The minimum atomic E-state index is -3.64. The molecule has 1 saturated heterocycles. The molecule has 156 valence electrons. The minimum Gasteiger partial charge on any atom is -0.314 e. The summed E-state index contributed by atoms with van der Waals surface area (Å²) >= 11 is 0. The van der Waals surface area contributed by atoms with Crippen molar-refractivity contribution in [2.24, 2.45) is 11.8 Å². The Bertz CT molecular complexity index is 776. The Morgan fingerprint density at radius 3 is 2.75 bits per heavy atom. The molecule has 1 aromatic rings. The van der Waals surface area contributed by atoms with Crippen LogP contribution in [0.2, 0.25) is 0 Å². The highest BCUT2D eigenvalue weighted by molar-refractivity contribution is 7.89. The molecule has 8 nitrogen and oxygen atoms in total. The van der Waals surface area contributed by atoms with E-state index in [9.17, 15) is 13.2 Å². The lowest BCUT2D eigenvalue weighted by Crippen LogP contribution is -2.38. The molecule has 2 unspecified atom stereocenters. The first-order valence-corrected chi connectivity index (χ1v) is 11.2. The van der Waals surface area contributed by atoms with Crippen molar-refractivity contribution in [1.29, 1.82) is 0 Å². The Morgan fingerprint density at radius 1 is 1.36 bits per heavy atom. The van der Waals surface area contributed by atoms with E-state index in [1.807, 2.05) is 0 Å². The van der Waals surface area contributed by atoms with Crippen LogP contribution in [0.5, 0.6) is 0 Å². The van der Waals surface area contributed by atoms with Crippen LogP contribution >= 0.6 is 0 Å². The van der Waals surface area contributed by atoms with Gasteiger partial charge in [0.1, 0.15) is 0 Å². The van der Waals surface area contributed by atoms with Crippen LogP contribution in [0.15, 0.2) is 29.2 Å². The molecule has 1 aliphatic carbocycles. The summed E-state index contributed by atoms with van der Waals surface area (Å²) in [5.74, 6) is 0.530. The fourth-order valence-corrected chi connectivity index (χ4v) is 4.40. The highest BCUT2D eigenvalue weighted by atomic mass is 32.2. The standard InChI is InChI=1S/C19H29N3O5S/c1-20-28(24,25)17-6-3-5-15(12-17)19(23)22(26-2)27-13-16(11-14-8-9-14)18-7-4-10-21-18/h3,5-6,12,14,16,18,20-21H,4,7-11,13H2,1-2H3. The van der Waals surface area contributed by atoms with Crippen molar-refractivity contribution in [3.63, 3.8) is 0 Å². The molecule has 9 heteroatoms. The number of rotatable bonds is 10. The van der Waals surface area contributed by atoms with Crippen LogP contribution in [0.25, 0.3) is 0 Å². The van der Waals surface area contributed by atoms with E-state index in [1.54, 1.807) is 0 Å². The van der Waals surface area contributed by atoms with Crippen molar-refractivity contribution in [3.05, 3.63) is 29.8 Å². The van der Waals surface area contributed by atoms with Crippen molar-refractivity contribution < 1.29 is 22.9 Å². The summed E-state index contributed by atoms with van der Waals surface area (Å²) in [5.41, 5.74) is 0.177. The van der Waals surface area contributed by atoms with Gasteiger partial charge >= 0.3 is 5.91 Å². The predicted octanol–water partition coefficient (Wildman–Crippen LogP) is 1.70. The van der Waals surface area contributed by atoms with Gasteiger partial charge in [0.15, 0.2) is 0 Å². The third-order valence-electron chi connectivity index (χ3n) is 5.40. The lowest BCUT2D eigenvalue weighted by Gasteiger charge is -2.26. The molecule has 2 fully saturated rings. The maximum Gasteiger partial charge on any atom is 0.303 e. The van der Waals surface area contributed by atoms with E-state index in [1.165, 1.54) is 51.3 Å². The highest BCUT2D eigenvalue weighted by Crippen LogP contribution is 2.37. The first-order chi connectivity index (χ1) is 13.4. The summed E-state index contributed by atoms with van der Waals surface area (Å²) in [5, 5.41) is 4.37. The van der Waals surface area contributed by atoms with Crippen LogP contribution < -0.4 is 10.0 Å². The van der Waals surface area contributed by atoms with Gasteiger partial charge in [0, 0.05) is 17.5 Å². The van der Waals surface area contributed by atoms with E-state index < -0.39 is 15.9 Å². The smallest absolute Gasteiger partial charge is 0.303 e. The second-order valence-corrected chi connectivity index (χ2v) is 9.30. The normalized spacial score (nSPS) is 20.9. The maximum atomic E-state index is 12.8. The molecular formula is C19H29N3O5S. The number of nitrogens with zero attached hydrogens (tertiary/aromatic N) is 1. The van der Waals surface area contributed by atoms with Crippen molar-refractivity contribution in [2.45, 2.75) is 43.0 Å². The summed E-state index contributed by atoms with van der Waals surface area (Å²) < 4.78 is 26.2. The third-order valence-corrected chi connectivity index (χ3v) is 6.81. The first kappa shape index (κ1) is 21.2. The zero-order chi connectivity index (χ0) is 20.1. The topological polar surface area (TPSA) is 97.0 Å². The number of carbonyl (C=O) groups is 1. The molecule has 2 N–H and O–H groups in total. The van der Waals surface area contributed by atoms with Gasteiger partial charge in [0.2, 0.25) is 10.0 Å². The van der Waals surface area contributed by atoms with Gasteiger partial charge in [-0.25, -0.2) is 22.8 Å². The zero-order valence-electron chi connectivity index (χ0n) is 16.4. The number of hydrogen-bond acceptors (Lipinski definition) is 6.